The largest absolute Gasteiger partial charge is 0.384 e. The minimum Gasteiger partial charge on any atom is -0.384 e. The monoisotopic (exact) mass is 531 g/mol. The van der Waals surface area contributed by atoms with E-state index >= 15 is 0 Å². The van der Waals surface area contributed by atoms with Crippen molar-refractivity contribution in [1.82, 2.24) is 20.9 Å². The number of aryl methyl sites for hydroxylation is 2. The van der Waals surface area contributed by atoms with Crippen LogP contribution in [0.4, 0.5) is 5.82 Å². The molecule has 7 nitrogen and oxygen atoms in total. The van der Waals surface area contributed by atoms with Crippen LogP contribution >= 0.6 is 24.8 Å². The Morgan fingerprint density at radius 1 is 1.14 bits per heavy atom. The Kier molecular flexibility index (Phi) is 10.5. The smallest absolute Gasteiger partial charge is 0.242 e. The molecule has 0 unspecified atom stereocenters. The molecular formula is C27H35Cl2N5O2. The van der Waals surface area contributed by atoms with Crippen molar-refractivity contribution in [3.8, 4) is 0 Å². The second kappa shape index (κ2) is 12.9. The Morgan fingerprint density at radius 2 is 1.92 bits per heavy atom. The lowest BCUT2D eigenvalue weighted by molar-refractivity contribution is -0.129. The molecule has 194 valence electrons. The van der Waals surface area contributed by atoms with Gasteiger partial charge in [0.1, 0.15) is 11.9 Å². The van der Waals surface area contributed by atoms with Crippen LogP contribution in [0.1, 0.15) is 35.7 Å². The summed E-state index contributed by atoms with van der Waals surface area (Å²) in [5.74, 6) is 0.463. The maximum atomic E-state index is 12.8. The molecule has 2 heterocycles. The lowest BCUT2D eigenvalue weighted by Crippen LogP contribution is -2.50. The van der Waals surface area contributed by atoms with Crippen LogP contribution in [0.5, 0.6) is 0 Å². The number of pyridine rings is 1. The molecule has 0 saturated carbocycles. The third-order valence-corrected chi connectivity index (χ3v) is 6.65. The Bertz CT molecular complexity index is 1220. The number of halogens is 2. The molecular weight excluding hydrogens is 497 g/mol. The van der Waals surface area contributed by atoms with Gasteiger partial charge in [-0.25, -0.2) is 4.98 Å². The minimum atomic E-state index is -0.626. The van der Waals surface area contributed by atoms with E-state index in [-0.39, 0.29) is 42.7 Å². The molecule has 1 aliphatic rings. The third-order valence-electron chi connectivity index (χ3n) is 6.65. The van der Waals surface area contributed by atoms with E-state index in [0.717, 1.165) is 30.6 Å². The molecule has 0 aliphatic carbocycles. The standard InChI is InChI=1S/C27H33N5O2.2ClH/c1-16-5-4-6-21-12-19(7-9-23(16)21)11-20-13-24(29-14-20)27(34)32-18(3)26(33)30-15-22-8-10-25(28)31-17(22)2;;/h4-10,12,18,20,24,29H,11,13-15H2,1-3H3,(H2,28,31)(H,30,33)(H,32,34);2*1H/t18-,20-,24+;;/m0../s1. The fourth-order valence-electron chi connectivity index (χ4n) is 4.63. The average Bonchev–Trinajstić information content (AvgIpc) is 3.27. The van der Waals surface area contributed by atoms with Gasteiger partial charge in [-0.1, -0.05) is 42.5 Å². The van der Waals surface area contributed by atoms with E-state index in [4.69, 9.17) is 5.73 Å². The number of rotatable bonds is 7. The van der Waals surface area contributed by atoms with Crippen LogP contribution < -0.4 is 21.7 Å². The Labute approximate surface area is 224 Å². The van der Waals surface area contributed by atoms with E-state index < -0.39 is 6.04 Å². The number of hydrogen-bond donors (Lipinski definition) is 4. The highest BCUT2D eigenvalue weighted by Gasteiger charge is 2.31. The molecule has 1 aromatic heterocycles. The molecule has 36 heavy (non-hydrogen) atoms. The summed E-state index contributed by atoms with van der Waals surface area (Å²) in [6.07, 6.45) is 1.67. The number of benzene rings is 2. The van der Waals surface area contributed by atoms with E-state index in [0.29, 0.717) is 18.3 Å². The number of aromatic nitrogens is 1. The minimum absolute atomic E-state index is 0. The van der Waals surface area contributed by atoms with Gasteiger partial charge in [-0.15, -0.1) is 24.8 Å². The van der Waals surface area contributed by atoms with Crippen molar-refractivity contribution in [3.05, 3.63) is 70.9 Å². The van der Waals surface area contributed by atoms with Crippen molar-refractivity contribution >= 4 is 53.2 Å². The first-order chi connectivity index (χ1) is 16.3. The molecule has 1 saturated heterocycles. The zero-order valence-corrected chi connectivity index (χ0v) is 22.5. The quantitative estimate of drug-likeness (QED) is 0.372. The lowest BCUT2D eigenvalue weighted by atomic mass is 9.94. The van der Waals surface area contributed by atoms with Crippen LogP contribution in [-0.4, -0.2) is 35.4 Å². The van der Waals surface area contributed by atoms with Crippen molar-refractivity contribution in [1.29, 1.82) is 0 Å². The van der Waals surface area contributed by atoms with Crippen LogP contribution in [0.3, 0.4) is 0 Å². The number of nitrogens with one attached hydrogen (secondary N) is 3. The Balaban J connectivity index is 0.00000228. The van der Waals surface area contributed by atoms with Gasteiger partial charge in [-0.05, 0) is 79.6 Å². The van der Waals surface area contributed by atoms with Crippen LogP contribution in [-0.2, 0) is 22.6 Å². The van der Waals surface area contributed by atoms with Gasteiger partial charge < -0.3 is 21.7 Å². The van der Waals surface area contributed by atoms with Gasteiger partial charge in [-0.2, -0.15) is 0 Å². The number of amides is 2. The summed E-state index contributed by atoms with van der Waals surface area (Å²) in [5.41, 5.74) is 9.91. The first-order valence-corrected chi connectivity index (χ1v) is 11.8. The fraction of sp³-hybridized carbons (Fsp3) is 0.370. The van der Waals surface area contributed by atoms with Gasteiger partial charge in [0.2, 0.25) is 11.8 Å². The van der Waals surface area contributed by atoms with Gasteiger partial charge in [0, 0.05) is 12.2 Å². The normalized spacial score (nSPS) is 17.5. The summed E-state index contributed by atoms with van der Waals surface area (Å²) in [6, 6.07) is 15.6. The summed E-state index contributed by atoms with van der Waals surface area (Å²) >= 11 is 0. The molecule has 0 spiro atoms. The third kappa shape index (κ3) is 7.09. The van der Waals surface area contributed by atoms with Gasteiger partial charge in [-0.3, -0.25) is 9.59 Å². The van der Waals surface area contributed by atoms with E-state index in [1.54, 1.807) is 13.0 Å². The van der Waals surface area contributed by atoms with Gasteiger partial charge in [0.15, 0.2) is 0 Å². The van der Waals surface area contributed by atoms with Crippen molar-refractivity contribution in [2.45, 2.75) is 52.2 Å². The Morgan fingerprint density at radius 3 is 2.67 bits per heavy atom. The number of anilines is 1. The predicted octanol–water partition coefficient (Wildman–Crippen LogP) is 3.62. The second-order valence-electron chi connectivity index (χ2n) is 9.33. The summed E-state index contributed by atoms with van der Waals surface area (Å²) in [5, 5.41) is 11.6. The highest BCUT2D eigenvalue weighted by atomic mass is 35.5. The number of nitrogen functional groups attached to an aromatic ring is 1. The summed E-state index contributed by atoms with van der Waals surface area (Å²) in [7, 11) is 0. The van der Waals surface area contributed by atoms with Crippen LogP contribution in [0.25, 0.3) is 10.8 Å². The number of carbonyl (C=O) groups excluding carboxylic acids is 2. The molecule has 3 aromatic rings. The molecule has 4 rings (SSSR count). The fourth-order valence-corrected chi connectivity index (χ4v) is 4.63. The number of carbonyl (C=O) groups is 2. The summed E-state index contributed by atoms with van der Waals surface area (Å²) in [6.45, 7) is 6.81. The van der Waals surface area contributed by atoms with Crippen molar-refractivity contribution in [3.63, 3.8) is 0 Å². The van der Waals surface area contributed by atoms with Crippen LogP contribution in [0.2, 0.25) is 0 Å². The van der Waals surface area contributed by atoms with E-state index in [1.165, 1.54) is 21.9 Å². The molecule has 3 atom stereocenters. The maximum absolute atomic E-state index is 12.8. The molecule has 0 bridgehead atoms. The first-order valence-electron chi connectivity index (χ1n) is 11.8. The van der Waals surface area contributed by atoms with E-state index in [9.17, 15) is 9.59 Å². The Hall–Kier alpha value is -2.87. The molecule has 5 N–H and O–H groups in total. The van der Waals surface area contributed by atoms with Crippen molar-refractivity contribution in [2.75, 3.05) is 12.3 Å². The topological polar surface area (TPSA) is 109 Å². The number of nitrogens with zero attached hydrogens (tertiary/aromatic N) is 1. The van der Waals surface area contributed by atoms with Crippen molar-refractivity contribution < 1.29 is 9.59 Å². The summed E-state index contributed by atoms with van der Waals surface area (Å²) < 4.78 is 0. The molecule has 1 aliphatic heterocycles. The van der Waals surface area contributed by atoms with Crippen LogP contribution in [0.15, 0.2) is 48.5 Å². The van der Waals surface area contributed by atoms with Gasteiger partial charge in [0.05, 0.1) is 6.04 Å². The lowest BCUT2D eigenvalue weighted by Gasteiger charge is -2.17. The molecule has 1 fully saturated rings. The SMILES string of the molecule is Cc1nc(N)ccc1CNC(=O)[C@H](C)NC(=O)[C@H]1C[C@H](Cc2ccc3c(C)cccc3c2)CN1.Cl.Cl. The highest BCUT2D eigenvalue weighted by molar-refractivity contribution is 5.89. The van der Waals surface area contributed by atoms with Gasteiger partial charge >= 0.3 is 0 Å². The zero-order chi connectivity index (χ0) is 24.2. The maximum Gasteiger partial charge on any atom is 0.242 e. The molecule has 2 amide bonds. The number of fused-ring (bicyclic) bond motifs is 1. The van der Waals surface area contributed by atoms with Crippen molar-refractivity contribution in [2.24, 2.45) is 5.92 Å². The second-order valence-corrected chi connectivity index (χ2v) is 9.33. The zero-order valence-electron chi connectivity index (χ0n) is 20.8. The van der Waals surface area contributed by atoms with Gasteiger partial charge in [0.25, 0.3) is 0 Å². The predicted molar refractivity (Wildman–Crippen MR) is 150 cm³/mol. The summed E-state index contributed by atoms with van der Waals surface area (Å²) in [4.78, 5) is 29.5. The van der Waals surface area contributed by atoms with E-state index in [2.05, 4.69) is 64.3 Å². The molecule has 9 heteroatoms. The molecule has 2 aromatic carbocycles. The first kappa shape index (κ1) is 29.4. The number of hydrogen-bond acceptors (Lipinski definition) is 5. The highest BCUT2D eigenvalue weighted by Crippen LogP contribution is 2.24. The van der Waals surface area contributed by atoms with E-state index in [1.807, 2.05) is 13.0 Å². The number of nitrogens with two attached hydrogens (primary N) is 1. The average molecular weight is 533 g/mol. The van der Waals surface area contributed by atoms with Crippen LogP contribution in [0, 0.1) is 19.8 Å². The molecule has 0 radical (unpaired) electrons.